The molecule has 0 N–H and O–H groups in total. The van der Waals surface area contributed by atoms with Crippen molar-refractivity contribution in [2.24, 2.45) is 5.18 Å². The molecule has 4 heteroatoms. The maximum Gasteiger partial charge on any atom is 0.187 e. The van der Waals surface area contributed by atoms with Gasteiger partial charge in [0, 0.05) is 0 Å². The van der Waals surface area contributed by atoms with Crippen LogP contribution < -0.4 is 0 Å². The Morgan fingerprint density at radius 3 is 2.70 bits per heavy atom. The van der Waals surface area contributed by atoms with Crippen molar-refractivity contribution in [2.75, 3.05) is 0 Å². The minimum absolute atomic E-state index is 0.0629. The van der Waals surface area contributed by atoms with Crippen LogP contribution >= 0.6 is 27.5 Å². The van der Waals surface area contributed by atoms with Crippen molar-refractivity contribution in [3.05, 3.63) is 4.91 Å². The largest absolute Gasteiger partial charge is 0.187 e. The molecular weight excluding hydrogens is 217 g/mol. The number of rotatable bonds is 1. The van der Waals surface area contributed by atoms with Gasteiger partial charge < -0.3 is 0 Å². The lowest BCUT2D eigenvalue weighted by molar-refractivity contribution is 0.416. The second-order valence-electron chi connectivity index (χ2n) is 2.62. The summed E-state index contributed by atoms with van der Waals surface area (Å²) in [6, 6.07) is 0. The summed E-state index contributed by atoms with van der Waals surface area (Å²) in [5.41, 5.74) is 0. The summed E-state index contributed by atoms with van der Waals surface area (Å²) in [6.45, 7) is 0. The summed E-state index contributed by atoms with van der Waals surface area (Å²) in [4.78, 5) is 9.48. The van der Waals surface area contributed by atoms with E-state index >= 15 is 0 Å². The molecule has 0 amide bonds. The smallest absolute Gasteiger partial charge is 0.149 e. The van der Waals surface area contributed by atoms with Gasteiger partial charge in [0.2, 0.25) is 0 Å². The topological polar surface area (TPSA) is 29.4 Å². The molecule has 0 spiro atoms. The van der Waals surface area contributed by atoms with Crippen LogP contribution in [0.15, 0.2) is 5.18 Å². The molecule has 0 aliphatic heterocycles. The molecule has 0 aromatic heterocycles. The maximum atomic E-state index is 10.3. The summed E-state index contributed by atoms with van der Waals surface area (Å²) >= 11 is 9.23. The van der Waals surface area contributed by atoms with Gasteiger partial charge in [0.25, 0.3) is 0 Å². The number of nitrogens with zero attached hydrogens (tertiary/aromatic N) is 1. The van der Waals surface area contributed by atoms with Gasteiger partial charge in [-0.1, -0.05) is 34.0 Å². The van der Waals surface area contributed by atoms with Gasteiger partial charge in [-0.3, -0.25) is 0 Å². The number of nitroso groups, excluding NO2 is 1. The molecule has 0 radical (unpaired) electrons. The summed E-state index contributed by atoms with van der Waals surface area (Å²) in [5, 5.41) is 2.93. The standard InChI is InChI=1S/C6H9BrClNO/c7-5-3-1-2-4-6(5,8)9-10/h5H,1-4H2. The Labute approximate surface area is 73.4 Å². The highest BCUT2D eigenvalue weighted by Crippen LogP contribution is 2.39. The first-order chi connectivity index (χ1) is 4.69. The number of halogens is 2. The van der Waals surface area contributed by atoms with E-state index in [9.17, 15) is 4.91 Å². The molecule has 10 heavy (non-hydrogen) atoms. The van der Waals surface area contributed by atoms with E-state index in [0.717, 1.165) is 19.3 Å². The van der Waals surface area contributed by atoms with Crippen molar-refractivity contribution >= 4 is 27.5 Å². The van der Waals surface area contributed by atoms with E-state index in [4.69, 9.17) is 11.6 Å². The van der Waals surface area contributed by atoms with Gasteiger partial charge in [-0.2, -0.15) is 0 Å². The molecule has 1 saturated carbocycles. The average Bonchev–Trinajstić information content (AvgIpc) is 1.96. The van der Waals surface area contributed by atoms with E-state index in [1.807, 2.05) is 0 Å². The Morgan fingerprint density at radius 1 is 1.60 bits per heavy atom. The fourth-order valence-corrected chi connectivity index (χ4v) is 2.06. The third kappa shape index (κ3) is 1.51. The molecule has 0 aromatic rings. The molecule has 58 valence electrons. The molecule has 2 nitrogen and oxygen atoms in total. The number of hydrogen-bond acceptors (Lipinski definition) is 2. The lowest BCUT2D eigenvalue weighted by atomic mass is 9.95. The summed E-state index contributed by atoms with van der Waals surface area (Å²) < 4.78 is 0. The molecular formula is C6H9BrClNO. The molecule has 2 atom stereocenters. The first-order valence-electron chi connectivity index (χ1n) is 3.36. The first-order valence-corrected chi connectivity index (χ1v) is 4.66. The lowest BCUT2D eigenvalue weighted by Gasteiger charge is -2.28. The van der Waals surface area contributed by atoms with Crippen LogP contribution in [0.4, 0.5) is 0 Å². The minimum atomic E-state index is -0.863. The van der Waals surface area contributed by atoms with Crippen molar-refractivity contribution in [2.45, 2.75) is 35.5 Å². The predicted molar refractivity (Wildman–Crippen MR) is 45.6 cm³/mol. The van der Waals surface area contributed by atoms with Crippen LogP contribution in [0.1, 0.15) is 25.7 Å². The van der Waals surface area contributed by atoms with Gasteiger partial charge in [0.15, 0.2) is 5.00 Å². The highest BCUT2D eigenvalue weighted by Gasteiger charge is 2.38. The molecule has 1 fully saturated rings. The van der Waals surface area contributed by atoms with E-state index < -0.39 is 5.00 Å². The third-order valence-electron chi connectivity index (χ3n) is 1.87. The van der Waals surface area contributed by atoms with Crippen LogP contribution in [0.25, 0.3) is 0 Å². The Balaban J connectivity index is 2.62. The molecule has 0 saturated heterocycles. The third-order valence-corrected chi connectivity index (χ3v) is 3.87. The van der Waals surface area contributed by atoms with Crippen LogP contribution in [0.3, 0.4) is 0 Å². The van der Waals surface area contributed by atoms with Gasteiger partial charge in [-0.15, -0.1) is 4.91 Å². The van der Waals surface area contributed by atoms with Gasteiger partial charge >= 0.3 is 0 Å². The number of hydrogen-bond donors (Lipinski definition) is 0. The fraction of sp³-hybridized carbons (Fsp3) is 1.00. The quantitative estimate of drug-likeness (QED) is 0.384. The number of alkyl halides is 2. The highest BCUT2D eigenvalue weighted by atomic mass is 79.9. The van der Waals surface area contributed by atoms with E-state index in [-0.39, 0.29) is 4.83 Å². The van der Waals surface area contributed by atoms with Gasteiger partial charge in [-0.05, 0) is 24.4 Å². The van der Waals surface area contributed by atoms with Crippen LogP contribution in [0.2, 0.25) is 0 Å². The molecule has 2 unspecified atom stereocenters. The Morgan fingerprint density at radius 2 is 2.30 bits per heavy atom. The Hall–Kier alpha value is 0.370. The van der Waals surface area contributed by atoms with Crippen LogP contribution in [-0.2, 0) is 0 Å². The SMILES string of the molecule is O=NC1(Cl)CCCCC1Br. The molecule has 1 aliphatic rings. The molecule has 0 bridgehead atoms. The second kappa shape index (κ2) is 3.18. The molecule has 0 heterocycles. The van der Waals surface area contributed by atoms with Crippen molar-refractivity contribution in [3.63, 3.8) is 0 Å². The zero-order valence-electron chi connectivity index (χ0n) is 5.52. The van der Waals surface area contributed by atoms with Crippen LogP contribution in [0.5, 0.6) is 0 Å². The zero-order valence-corrected chi connectivity index (χ0v) is 7.86. The Bertz CT molecular complexity index is 144. The highest BCUT2D eigenvalue weighted by molar-refractivity contribution is 9.09. The van der Waals surface area contributed by atoms with Crippen molar-refractivity contribution in [1.29, 1.82) is 0 Å². The van der Waals surface area contributed by atoms with E-state index in [2.05, 4.69) is 21.1 Å². The summed E-state index contributed by atoms with van der Waals surface area (Å²) in [7, 11) is 0. The first kappa shape index (κ1) is 8.47. The molecule has 1 aliphatic carbocycles. The Kier molecular flexibility index (Phi) is 2.69. The zero-order chi connectivity index (χ0) is 7.61. The lowest BCUT2D eigenvalue weighted by Crippen LogP contribution is -2.33. The van der Waals surface area contributed by atoms with E-state index in [1.165, 1.54) is 0 Å². The van der Waals surface area contributed by atoms with E-state index in [1.54, 1.807) is 0 Å². The molecule has 0 aromatic carbocycles. The fourth-order valence-electron chi connectivity index (χ4n) is 1.18. The van der Waals surface area contributed by atoms with Crippen LogP contribution in [0, 0.1) is 4.91 Å². The maximum absolute atomic E-state index is 10.3. The summed E-state index contributed by atoms with van der Waals surface area (Å²) in [6.07, 6.45) is 3.81. The second-order valence-corrected chi connectivity index (χ2v) is 4.38. The monoisotopic (exact) mass is 225 g/mol. The van der Waals surface area contributed by atoms with Gasteiger partial charge in [0.1, 0.15) is 0 Å². The summed E-state index contributed by atoms with van der Waals surface area (Å²) in [5.74, 6) is 0. The van der Waals surface area contributed by atoms with Gasteiger partial charge in [-0.25, -0.2) is 0 Å². The molecule has 1 rings (SSSR count). The van der Waals surface area contributed by atoms with Gasteiger partial charge in [0.05, 0.1) is 4.83 Å². The normalized spacial score (nSPS) is 41.2. The van der Waals surface area contributed by atoms with Crippen molar-refractivity contribution in [3.8, 4) is 0 Å². The van der Waals surface area contributed by atoms with Crippen LogP contribution in [-0.4, -0.2) is 9.83 Å². The van der Waals surface area contributed by atoms with Crippen molar-refractivity contribution < 1.29 is 0 Å². The van der Waals surface area contributed by atoms with Crippen molar-refractivity contribution in [1.82, 2.24) is 0 Å². The predicted octanol–water partition coefficient (Wildman–Crippen LogP) is 3.03. The minimum Gasteiger partial charge on any atom is -0.149 e. The van der Waals surface area contributed by atoms with E-state index in [0.29, 0.717) is 6.42 Å². The average molecular weight is 227 g/mol.